The van der Waals surface area contributed by atoms with Gasteiger partial charge in [0.2, 0.25) is 0 Å². The zero-order valence-corrected chi connectivity index (χ0v) is 12.2. The second-order valence-electron chi connectivity index (χ2n) is 4.09. The van der Waals surface area contributed by atoms with Crippen LogP contribution < -0.4 is 10.5 Å². The van der Waals surface area contributed by atoms with Crippen LogP contribution in [0.5, 0.6) is 5.75 Å². The Kier molecular flexibility index (Phi) is 4.88. The second kappa shape index (κ2) is 6.65. The van der Waals surface area contributed by atoms with Crippen molar-refractivity contribution in [1.82, 2.24) is 0 Å². The van der Waals surface area contributed by atoms with Crippen LogP contribution >= 0.6 is 23.2 Å². The zero-order chi connectivity index (χ0) is 15.4. The first kappa shape index (κ1) is 15.4. The molecule has 0 spiro atoms. The summed E-state index contributed by atoms with van der Waals surface area (Å²) in [5.41, 5.74) is 6.00. The van der Waals surface area contributed by atoms with Gasteiger partial charge in [-0.25, -0.2) is 4.39 Å². The average Bonchev–Trinajstić information content (AvgIpc) is 2.46. The van der Waals surface area contributed by atoms with Crippen molar-refractivity contribution in [2.24, 2.45) is 10.9 Å². The molecule has 3 N–H and O–H groups in total. The van der Waals surface area contributed by atoms with E-state index in [-0.39, 0.29) is 39.4 Å². The van der Waals surface area contributed by atoms with Crippen molar-refractivity contribution < 1.29 is 14.3 Å². The molecular weight excluding hydrogens is 318 g/mol. The highest BCUT2D eigenvalue weighted by Gasteiger charge is 2.14. The summed E-state index contributed by atoms with van der Waals surface area (Å²) in [6, 6.07) is 9.13. The summed E-state index contributed by atoms with van der Waals surface area (Å²) in [6.07, 6.45) is 0. The van der Waals surface area contributed by atoms with Gasteiger partial charge in [0, 0.05) is 5.56 Å². The first-order valence-corrected chi connectivity index (χ1v) is 6.62. The van der Waals surface area contributed by atoms with Crippen LogP contribution in [0.2, 0.25) is 10.0 Å². The maximum Gasteiger partial charge on any atom is 0.175 e. The van der Waals surface area contributed by atoms with Crippen molar-refractivity contribution in [1.29, 1.82) is 0 Å². The summed E-state index contributed by atoms with van der Waals surface area (Å²) >= 11 is 11.9. The summed E-state index contributed by atoms with van der Waals surface area (Å²) in [5.74, 6) is -0.415. The normalized spacial score (nSPS) is 11.5. The van der Waals surface area contributed by atoms with E-state index in [4.69, 9.17) is 38.9 Å². The molecule has 110 valence electrons. The van der Waals surface area contributed by atoms with Crippen molar-refractivity contribution in [2.75, 3.05) is 0 Å². The molecule has 0 aliphatic carbocycles. The number of nitrogens with two attached hydrogens (primary N) is 1. The largest absolute Gasteiger partial charge is 0.488 e. The number of hydrogen-bond donors (Lipinski definition) is 2. The summed E-state index contributed by atoms with van der Waals surface area (Å²) in [5, 5.41) is 12.2. The number of benzene rings is 2. The number of ether oxygens (including phenoxy) is 1. The van der Waals surface area contributed by atoms with Gasteiger partial charge < -0.3 is 15.7 Å². The highest BCUT2D eigenvalue weighted by Crippen LogP contribution is 2.28. The molecule has 0 aromatic heterocycles. The molecule has 0 heterocycles. The van der Waals surface area contributed by atoms with Gasteiger partial charge in [0.1, 0.15) is 18.2 Å². The molecular formula is C14H11Cl2FN2O2. The third-order valence-electron chi connectivity index (χ3n) is 2.77. The molecule has 0 atom stereocenters. The van der Waals surface area contributed by atoms with Crippen molar-refractivity contribution in [2.45, 2.75) is 6.61 Å². The fraction of sp³-hybridized carbons (Fsp3) is 0.0714. The summed E-state index contributed by atoms with van der Waals surface area (Å²) in [4.78, 5) is 0. The number of hydrogen-bond acceptors (Lipinski definition) is 3. The Balaban J connectivity index is 2.31. The van der Waals surface area contributed by atoms with Gasteiger partial charge in [-0.3, -0.25) is 0 Å². The Bertz CT molecular complexity index is 672. The second-order valence-corrected chi connectivity index (χ2v) is 4.90. The Morgan fingerprint density at radius 1 is 1.19 bits per heavy atom. The molecule has 0 unspecified atom stereocenters. The van der Waals surface area contributed by atoms with Crippen molar-refractivity contribution >= 4 is 29.0 Å². The van der Waals surface area contributed by atoms with Crippen molar-refractivity contribution in [3.05, 3.63) is 63.4 Å². The van der Waals surface area contributed by atoms with Crippen LogP contribution in [-0.4, -0.2) is 11.0 Å². The Morgan fingerprint density at radius 2 is 1.86 bits per heavy atom. The number of nitrogens with zero attached hydrogens (tertiary/aromatic N) is 1. The molecule has 0 aliphatic heterocycles. The molecule has 2 aromatic carbocycles. The van der Waals surface area contributed by atoms with Gasteiger partial charge in [-0.05, 0) is 24.3 Å². The van der Waals surface area contributed by atoms with Crippen LogP contribution in [0, 0.1) is 5.82 Å². The van der Waals surface area contributed by atoms with Gasteiger partial charge >= 0.3 is 0 Å². The molecule has 0 saturated carbocycles. The van der Waals surface area contributed by atoms with Crippen LogP contribution in [0.25, 0.3) is 0 Å². The standard InChI is InChI=1S/C14H11Cl2FN2O2/c15-9-3-1-5-11(17)8(9)7-21-12-6-2-4-10(16)13(12)14(18)19-20/h1-6,20H,7H2,(H2,18,19). The van der Waals surface area contributed by atoms with Crippen molar-refractivity contribution in [3.8, 4) is 5.75 Å². The molecule has 0 fully saturated rings. The smallest absolute Gasteiger partial charge is 0.175 e. The van der Waals surface area contributed by atoms with Crippen LogP contribution in [0.3, 0.4) is 0 Å². The van der Waals surface area contributed by atoms with E-state index in [1.165, 1.54) is 12.1 Å². The van der Waals surface area contributed by atoms with E-state index in [9.17, 15) is 4.39 Å². The molecule has 7 heteroatoms. The molecule has 21 heavy (non-hydrogen) atoms. The molecule has 0 radical (unpaired) electrons. The monoisotopic (exact) mass is 328 g/mol. The van der Waals surface area contributed by atoms with E-state index >= 15 is 0 Å². The summed E-state index contributed by atoms with van der Waals surface area (Å²) < 4.78 is 19.2. The topological polar surface area (TPSA) is 67.8 Å². The highest BCUT2D eigenvalue weighted by molar-refractivity contribution is 6.34. The number of amidine groups is 1. The van der Waals surface area contributed by atoms with Gasteiger partial charge in [-0.2, -0.15) is 0 Å². The van der Waals surface area contributed by atoms with Crippen LogP contribution in [0.15, 0.2) is 41.6 Å². The lowest BCUT2D eigenvalue weighted by molar-refractivity contribution is 0.297. The van der Waals surface area contributed by atoms with E-state index in [1.807, 2.05) is 0 Å². The number of halogens is 3. The number of rotatable bonds is 4. The summed E-state index contributed by atoms with van der Waals surface area (Å²) in [7, 11) is 0. The van der Waals surface area contributed by atoms with Gasteiger partial charge in [-0.1, -0.05) is 40.5 Å². The van der Waals surface area contributed by atoms with E-state index < -0.39 is 5.82 Å². The molecule has 0 saturated heterocycles. The minimum atomic E-state index is -0.477. The summed E-state index contributed by atoms with van der Waals surface area (Å²) in [6.45, 7) is -0.114. The van der Waals surface area contributed by atoms with E-state index in [0.717, 1.165) is 0 Å². The van der Waals surface area contributed by atoms with Gasteiger partial charge in [0.25, 0.3) is 0 Å². The van der Waals surface area contributed by atoms with E-state index in [2.05, 4.69) is 5.16 Å². The SMILES string of the molecule is N/C(=N/O)c1c(Cl)cccc1OCc1c(F)cccc1Cl. The molecule has 0 bridgehead atoms. The van der Waals surface area contributed by atoms with Gasteiger partial charge in [-0.15, -0.1) is 0 Å². The molecule has 0 aliphatic rings. The van der Waals surface area contributed by atoms with E-state index in [0.29, 0.717) is 0 Å². The lowest BCUT2D eigenvalue weighted by Gasteiger charge is -2.13. The predicted octanol–water partition coefficient (Wildman–Crippen LogP) is 3.81. The average molecular weight is 329 g/mol. The fourth-order valence-corrected chi connectivity index (χ4v) is 2.22. The minimum Gasteiger partial charge on any atom is -0.488 e. The zero-order valence-electron chi connectivity index (χ0n) is 10.7. The van der Waals surface area contributed by atoms with Crippen LogP contribution in [0.4, 0.5) is 4.39 Å². The van der Waals surface area contributed by atoms with Crippen molar-refractivity contribution in [3.63, 3.8) is 0 Å². The third-order valence-corrected chi connectivity index (χ3v) is 3.44. The Labute approximate surface area is 130 Å². The Hall–Kier alpha value is -1.98. The third kappa shape index (κ3) is 3.37. The Morgan fingerprint density at radius 3 is 2.52 bits per heavy atom. The maximum absolute atomic E-state index is 13.7. The molecule has 2 rings (SSSR count). The molecule has 4 nitrogen and oxygen atoms in total. The quantitative estimate of drug-likeness (QED) is 0.388. The molecule has 2 aromatic rings. The number of oxime groups is 1. The maximum atomic E-state index is 13.7. The van der Waals surface area contributed by atoms with Gasteiger partial charge in [0.15, 0.2) is 5.84 Å². The van der Waals surface area contributed by atoms with Crippen LogP contribution in [-0.2, 0) is 6.61 Å². The highest BCUT2D eigenvalue weighted by atomic mass is 35.5. The van der Waals surface area contributed by atoms with Crippen LogP contribution in [0.1, 0.15) is 11.1 Å². The lowest BCUT2D eigenvalue weighted by atomic mass is 10.1. The van der Waals surface area contributed by atoms with Gasteiger partial charge in [0.05, 0.1) is 15.6 Å². The van der Waals surface area contributed by atoms with E-state index in [1.54, 1.807) is 24.3 Å². The molecule has 0 amide bonds. The lowest BCUT2D eigenvalue weighted by Crippen LogP contribution is -2.15. The minimum absolute atomic E-state index is 0.114. The first-order valence-electron chi connectivity index (χ1n) is 5.86. The predicted molar refractivity (Wildman–Crippen MR) is 79.7 cm³/mol. The fourth-order valence-electron chi connectivity index (χ4n) is 1.74. The first-order chi connectivity index (χ1) is 10.0.